The van der Waals surface area contributed by atoms with E-state index >= 15 is 0 Å². The quantitative estimate of drug-likeness (QED) is 0.0919. The Balaban J connectivity index is 1.66. The molecule has 0 spiro atoms. The first-order valence-electron chi connectivity index (χ1n) is 20.1. The molecule has 8 heteroatoms. The number of ether oxygens (including phenoxy) is 2. The van der Waals surface area contributed by atoms with Gasteiger partial charge >= 0.3 is 5.97 Å². The van der Waals surface area contributed by atoms with Gasteiger partial charge in [0.2, 0.25) is 5.91 Å². The minimum absolute atomic E-state index is 0.0415. The zero-order valence-electron chi connectivity index (χ0n) is 32.2. The van der Waals surface area contributed by atoms with Crippen LogP contribution in [0.25, 0.3) is 6.08 Å². The van der Waals surface area contributed by atoms with Crippen LogP contribution in [-0.2, 0) is 14.3 Å². The number of phenolic OH excluding ortho intramolecular Hbond substituents is 2. The molecule has 0 aromatic heterocycles. The molecule has 2 aromatic rings. The first kappa shape index (κ1) is 42.6. The van der Waals surface area contributed by atoms with Crippen LogP contribution in [0.1, 0.15) is 182 Å². The van der Waals surface area contributed by atoms with Gasteiger partial charge in [-0.2, -0.15) is 0 Å². The standard InChI is InChI=1S/C44H65NO7/c1-4-5-6-7-8-9-10-11-12-13-14-15-16-20-30-45-40(48)32-38(34-26-28-37(51-3)29-27-34)42-39(47)31-35-23-18-17-19-24-36(46)25-21-22-33(2)52-44(50)41(35)43(42)49/h18,23,26-29,31,33,38,47,49H,4-17,19-22,24-25,30,32H2,1-3H3,(H,45,48)/t33-,38?/m0/s1. The summed E-state index contributed by atoms with van der Waals surface area (Å²) in [7, 11) is 1.57. The van der Waals surface area contributed by atoms with Crippen molar-refractivity contribution in [2.24, 2.45) is 0 Å². The number of benzene rings is 2. The van der Waals surface area contributed by atoms with E-state index in [1.54, 1.807) is 44.4 Å². The average molecular weight is 720 g/mol. The third-order valence-electron chi connectivity index (χ3n) is 10.2. The molecule has 1 unspecified atom stereocenters. The molecule has 2 atom stereocenters. The van der Waals surface area contributed by atoms with Crippen LogP contribution < -0.4 is 10.1 Å². The van der Waals surface area contributed by atoms with Gasteiger partial charge in [0.1, 0.15) is 28.6 Å². The van der Waals surface area contributed by atoms with Crippen molar-refractivity contribution in [3.63, 3.8) is 0 Å². The summed E-state index contributed by atoms with van der Waals surface area (Å²) in [6, 6.07) is 8.60. The van der Waals surface area contributed by atoms with Gasteiger partial charge in [0.05, 0.1) is 13.2 Å². The Labute approximate surface area is 312 Å². The van der Waals surface area contributed by atoms with E-state index in [0.717, 1.165) is 19.3 Å². The van der Waals surface area contributed by atoms with Gasteiger partial charge in [0, 0.05) is 37.3 Å². The number of ketones is 1. The van der Waals surface area contributed by atoms with Gasteiger partial charge in [-0.1, -0.05) is 115 Å². The first-order valence-corrected chi connectivity index (χ1v) is 20.1. The molecular formula is C44H65NO7. The number of hydrogen-bond donors (Lipinski definition) is 3. The Hall–Kier alpha value is -3.81. The molecule has 288 valence electrons. The summed E-state index contributed by atoms with van der Waals surface area (Å²) in [6.07, 6.45) is 24.0. The number of esters is 1. The van der Waals surface area contributed by atoms with Crippen LogP contribution in [-0.4, -0.2) is 47.6 Å². The van der Waals surface area contributed by atoms with Crippen LogP contribution in [0.3, 0.4) is 0 Å². The molecule has 2 aromatic carbocycles. The van der Waals surface area contributed by atoms with Crippen molar-refractivity contribution >= 4 is 23.7 Å². The zero-order valence-corrected chi connectivity index (χ0v) is 32.2. The fourth-order valence-electron chi connectivity index (χ4n) is 7.05. The number of carbonyl (C=O) groups is 3. The number of phenols is 2. The highest BCUT2D eigenvalue weighted by Gasteiger charge is 2.31. The van der Waals surface area contributed by atoms with E-state index < -0.39 is 23.7 Å². The van der Waals surface area contributed by atoms with Crippen molar-refractivity contribution in [3.8, 4) is 17.2 Å². The number of unbranched alkanes of at least 4 members (excludes halogenated alkanes) is 13. The molecule has 0 aliphatic carbocycles. The Kier molecular flexibility index (Phi) is 20.0. The van der Waals surface area contributed by atoms with Crippen LogP contribution in [0.2, 0.25) is 0 Å². The fourth-order valence-corrected chi connectivity index (χ4v) is 7.05. The molecule has 0 saturated heterocycles. The summed E-state index contributed by atoms with van der Waals surface area (Å²) in [5.74, 6) is -1.48. The lowest BCUT2D eigenvalue weighted by Gasteiger charge is -2.23. The number of nitrogens with one attached hydrogen (secondary N) is 1. The third kappa shape index (κ3) is 15.0. The number of aromatic hydroxyl groups is 2. The number of rotatable bonds is 20. The van der Waals surface area contributed by atoms with Gasteiger partial charge in [-0.3, -0.25) is 9.59 Å². The Bertz CT molecular complexity index is 1400. The number of cyclic esters (lactones) is 1. The molecule has 0 fully saturated rings. The smallest absolute Gasteiger partial charge is 0.342 e. The topological polar surface area (TPSA) is 122 Å². The molecule has 1 aliphatic rings. The van der Waals surface area contributed by atoms with E-state index in [0.29, 0.717) is 61.9 Å². The molecule has 0 saturated carbocycles. The molecule has 1 heterocycles. The lowest BCUT2D eigenvalue weighted by atomic mass is 9.84. The van der Waals surface area contributed by atoms with Crippen LogP contribution in [0, 0.1) is 0 Å². The Morgan fingerprint density at radius 1 is 0.885 bits per heavy atom. The summed E-state index contributed by atoms with van der Waals surface area (Å²) in [4.78, 5) is 39.2. The SMILES string of the molecule is CCCCCCCCCCCCCCCCNC(=O)CC(c1ccc(OC)cc1)c1c(O)cc2c(c1O)C(=O)O[C@@H](C)CCCC(=O)CCCC=C2. The zero-order chi connectivity index (χ0) is 37.6. The number of hydrogen-bond acceptors (Lipinski definition) is 7. The molecule has 3 rings (SSSR count). The number of amides is 1. The summed E-state index contributed by atoms with van der Waals surface area (Å²) in [5.41, 5.74) is 1.04. The van der Waals surface area contributed by atoms with Gasteiger partial charge in [0.25, 0.3) is 0 Å². The summed E-state index contributed by atoms with van der Waals surface area (Å²) in [6.45, 7) is 4.58. The maximum Gasteiger partial charge on any atom is 0.342 e. The molecule has 0 radical (unpaired) electrons. The van der Waals surface area contributed by atoms with Gasteiger partial charge < -0.3 is 25.0 Å². The van der Waals surface area contributed by atoms with E-state index in [4.69, 9.17) is 9.47 Å². The van der Waals surface area contributed by atoms with Crippen molar-refractivity contribution in [2.45, 2.75) is 161 Å². The van der Waals surface area contributed by atoms with E-state index in [2.05, 4.69) is 12.2 Å². The van der Waals surface area contributed by atoms with Crippen molar-refractivity contribution < 1.29 is 34.1 Å². The molecular weight excluding hydrogens is 654 g/mol. The highest BCUT2D eigenvalue weighted by molar-refractivity contribution is 5.98. The van der Waals surface area contributed by atoms with E-state index in [9.17, 15) is 24.6 Å². The second kappa shape index (κ2) is 24.4. The summed E-state index contributed by atoms with van der Waals surface area (Å²) in [5, 5.41) is 26.2. The predicted octanol–water partition coefficient (Wildman–Crippen LogP) is 10.7. The van der Waals surface area contributed by atoms with E-state index in [1.807, 2.05) is 6.08 Å². The van der Waals surface area contributed by atoms with E-state index in [1.165, 1.54) is 76.7 Å². The third-order valence-corrected chi connectivity index (χ3v) is 10.2. The van der Waals surface area contributed by atoms with Gasteiger partial charge in [0.15, 0.2) is 0 Å². The first-order chi connectivity index (χ1) is 25.2. The van der Waals surface area contributed by atoms with Crippen LogP contribution in [0.15, 0.2) is 36.4 Å². The number of fused-ring (bicyclic) bond motifs is 1. The van der Waals surface area contributed by atoms with Crippen molar-refractivity contribution in [3.05, 3.63) is 58.7 Å². The maximum absolute atomic E-state index is 13.6. The molecule has 1 amide bonds. The fraction of sp³-hybridized carbons (Fsp3) is 0.614. The van der Waals surface area contributed by atoms with Crippen molar-refractivity contribution in [1.29, 1.82) is 0 Å². The number of carbonyl (C=O) groups excluding carboxylic acids is 3. The number of Topliss-reactive ketones (excluding diaryl/α,β-unsaturated/α-hetero) is 1. The minimum atomic E-state index is -0.749. The van der Waals surface area contributed by atoms with Crippen LogP contribution >= 0.6 is 0 Å². The predicted molar refractivity (Wildman–Crippen MR) is 209 cm³/mol. The highest BCUT2D eigenvalue weighted by Crippen LogP contribution is 2.44. The maximum atomic E-state index is 13.6. The second-order valence-corrected chi connectivity index (χ2v) is 14.5. The Morgan fingerprint density at radius 2 is 1.48 bits per heavy atom. The van der Waals surface area contributed by atoms with Crippen molar-refractivity contribution in [2.75, 3.05) is 13.7 Å². The van der Waals surface area contributed by atoms with E-state index in [-0.39, 0.29) is 35.0 Å². The highest BCUT2D eigenvalue weighted by atomic mass is 16.5. The van der Waals surface area contributed by atoms with Gasteiger partial charge in [-0.25, -0.2) is 4.79 Å². The van der Waals surface area contributed by atoms with Crippen molar-refractivity contribution in [1.82, 2.24) is 5.32 Å². The lowest BCUT2D eigenvalue weighted by molar-refractivity contribution is -0.121. The van der Waals surface area contributed by atoms with Crippen LogP contribution in [0.4, 0.5) is 0 Å². The average Bonchev–Trinajstić information content (AvgIpc) is 3.12. The number of allylic oxidation sites excluding steroid dienone is 1. The molecule has 1 aliphatic heterocycles. The van der Waals surface area contributed by atoms with Gasteiger partial charge in [-0.15, -0.1) is 0 Å². The molecule has 0 bridgehead atoms. The van der Waals surface area contributed by atoms with Crippen LogP contribution in [0.5, 0.6) is 17.2 Å². The monoisotopic (exact) mass is 719 g/mol. The molecule has 3 N–H and O–H groups in total. The van der Waals surface area contributed by atoms with Gasteiger partial charge in [-0.05, 0) is 68.4 Å². The lowest BCUT2D eigenvalue weighted by Crippen LogP contribution is -2.26. The summed E-state index contributed by atoms with van der Waals surface area (Å²) >= 11 is 0. The minimum Gasteiger partial charge on any atom is -0.507 e. The second-order valence-electron chi connectivity index (χ2n) is 14.5. The molecule has 52 heavy (non-hydrogen) atoms. The summed E-state index contributed by atoms with van der Waals surface area (Å²) < 4.78 is 11.1. The largest absolute Gasteiger partial charge is 0.507 e. The number of methoxy groups -OCH3 is 1. The molecule has 8 nitrogen and oxygen atoms in total. The normalized spacial score (nSPS) is 16.1. The Morgan fingerprint density at radius 3 is 2.10 bits per heavy atom.